The predicted octanol–water partition coefficient (Wildman–Crippen LogP) is 4.88. The Labute approximate surface area is 153 Å². The van der Waals surface area contributed by atoms with Gasteiger partial charge in [0.2, 0.25) is 0 Å². The third-order valence-electron chi connectivity index (χ3n) is 4.29. The summed E-state index contributed by atoms with van der Waals surface area (Å²) in [5.41, 5.74) is 3.30. The van der Waals surface area contributed by atoms with E-state index in [1.807, 2.05) is 24.3 Å². The average Bonchev–Trinajstić information content (AvgIpc) is 2.94. The molecule has 25 heavy (non-hydrogen) atoms. The number of hydrogen-bond acceptors (Lipinski definition) is 2. The Morgan fingerprint density at radius 1 is 1.12 bits per heavy atom. The minimum Gasteiger partial charge on any atom is -0.352 e. The summed E-state index contributed by atoms with van der Waals surface area (Å²) in [6.07, 6.45) is 0.911. The summed E-state index contributed by atoms with van der Waals surface area (Å²) in [6, 6.07) is 18.5. The van der Waals surface area contributed by atoms with Crippen LogP contribution in [0, 0.1) is 6.92 Å². The standard InChI is InChI=1S/C21H24N2OS/c1-3-25-20-12-7-5-10-18(20)21(24)22-13-8-14-23-16(2)15-17-9-4-6-11-19(17)23/h4-7,9-12,15H,3,8,13-14H2,1-2H3,(H,22,24). The van der Waals surface area contributed by atoms with Crippen molar-refractivity contribution in [3.63, 3.8) is 0 Å². The SMILES string of the molecule is CCSc1ccccc1C(=O)NCCCn1c(C)cc2ccccc21. The van der Waals surface area contributed by atoms with Crippen LogP contribution in [0.4, 0.5) is 0 Å². The number of rotatable bonds is 7. The highest BCUT2D eigenvalue weighted by molar-refractivity contribution is 7.99. The van der Waals surface area contributed by atoms with Crippen molar-refractivity contribution in [3.8, 4) is 0 Å². The molecular weight excluding hydrogens is 328 g/mol. The molecule has 0 atom stereocenters. The number of carbonyl (C=O) groups excluding carboxylic acids is 1. The summed E-state index contributed by atoms with van der Waals surface area (Å²) in [6.45, 7) is 5.82. The molecule has 1 amide bonds. The van der Waals surface area contributed by atoms with Crippen molar-refractivity contribution in [2.24, 2.45) is 0 Å². The van der Waals surface area contributed by atoms with Crippen LogP contribution in [-0.4, -0.2) is 22.8 Å². The number of fused-ring (bicyclic) bond motifs is 1. The van der Waals surface area contributed by atoms with Crippen LogP contribution in [0.3, 0.4) is 0 Å². The Balaban J connectivity index is 1.58. The van der Waals surface area contributed by atoms with Gasteiger partial charge in [-0.05, 0) is 48.7 Å². The van der Waals surface area contributed by atoms with E-state index in [2.05, 4.69) is 54.1 Å². The van der Waals surface area contributed by atoms with Crippen LogP contribution in [0.25, 0.3) is 10.9 Å². The van der Waals surface area contributed by atoms with Crippen LogP contribution in [-0.2, 0) is 6.54 Å². The van der Waals surface area contributed by atoms with Crippen LogP contribution in [0.15, 0.2) is 59.5 Å². The predicted molar refractivity (Wildman–Crippen MR) is 106 cm³/mol. The minimum atomic E-state index is 0.0191. The molecular formula is C21H24N2OS. The molecule has 0 bridgehead atoms. The van der Waals surface area contributed by atoms with E-state index >= 15 is 0 Å². The molecule has 0 saturated heterocycles. The lowest BCUT2D eigenvalue weighted by Gasteiger charge is -2.11. The van der Waals surface area contributed by atoms with Gasteiger partial charge in [-0.3, -0.25) is 4.79 Å². The van der Waals surface area contributed by atoms with Gasteiger partial charge in [0, 0.05) is 29.2 Å². The Morgan fingerprint density at radius 2 is 1.88 bits per heavy atom. The lowest BCUT2D eigenvalue weighted by atomic mass is 10.2. The van der Waals surface area contributed by atoms with E-state index in [0.717, 1.165) is 29.2 Å². The lowest BCUT2D eigenvalue weighted by Crippen LogP contribution is -2.25. The number of amides is 1. The second-order valence-electron chi connectivity index (χ2n) is 6.03. The number of nitrogens with one attached hydrogen (secondary N) is 1. The maximum Gasteiger partial charge on any atom is 0.252 e. The molecule has 0 aliphatic rings. The highest BCUT2D eigenvalue weighted by atomic mass is 32.2. The third kappa shape index (κ3) is 4.07. The molecule has 1 N–H and O–H groups in total. The number of thioether (sulfide) groups is 1. The summed E-state index contributed by atoms with van der Waals surface area (Å²) in [5, 5.41) is 4.33. The Bertz CT molecular complexity index is 869. The molecule has 3 rings (SSSR count). The fourth-order valence-electron chi connectivity index (χ4n) is 3.12. The molecule has 1 aromatic heterocycles. The van der Waals surface area contributed by atoms with Gasteiger partial charge < -0.3 is 9.88 Å². The first kappa shape index (κ1) is 17.6. The summed E-state index contributed by atoms with van der Waals surface area (Å²) in [7, 11) is 0. The van der Waals surface area contributed by atoms with Crippen molar-refractivity contribution in [1.29, 1.82) is 0 Å². The van der Waals surface area contributed by atoms with Crippen LogP contribution < -0.4 is 5.32 Å². The molecule has 2 aromatic carbocycles. The van der Waals surface area contributed by atoms with Crippen molar-refractivity contribution in [1.82, 2.24) is 9.88 Å². The lowest BCUT2D eigenvalue weighted by molar-refractivity contribution is 0.0950. The summed E-state index contributed by atoms with van der Waals surface area (Å²) in [4.78, 5) is 13.5. The second kappa shape index (κ2) is 8.26. The molecule has 0 unspecified atom stereocenters. The average molecular weight is 353 g/mol. The monoisotopic (exact) mass is 352 g/mol. The molecule has 130 valence electrons. The van der Waals surface area contributed by atoms with Gasteiger partial charge >= 0.3 is 0 Å². The molecule has 3 aromatic rings. The summed E-state index contributed by atoms with van der Waals surface area (Å²) >= 11 is 1.71. The van der Waals surface area contributed by atoms with Crippen molar-refractivity contribution in [2.75, 3.05) is 12.3 Å². The van der Waals surface area contributed by atoms with E-state index in [0.29, 0.717) is 6.54 Å². The van der Waals surface area contributed by atoms with Crippen LogP contribution >= 0.6 is 11.8 Å². The number of aryl methyl sites for hydroxylation is 2. The van der Waals surface area contributed by atoms with Crippen LogP contribution in [0.2, 0.25) is 0 Å². The first-order valence-electron chi connectivity index (χ1n) is 8.75. The molecule has 0 spiro atoms. The first-order chi connectivity index (χ1) is 12.2. The van der Waals surface area contributed by atoms with E-state index < -0.39 is 0 Å². The quantitative estimate of drug-likeness (QED) is 0.486. The van der Waals surface area contributed by atoms with E-state index in [1.165, 1.54) is 16.6 Å². The van der Waals surface area contributed by atoms with E-state index in [9.17, 15) is 4.79 Å². The van der Waals surface area contributed by atoms with Gasteiger partial charge in [-0.25, -0.2) is 0 Å². The van der Waals surface area contributed by atoms with Crippen LogP contribution in [0.5, 0.6) is 0 Å². The topological polar surface area (TPSA) is 34.0 Å². The Morgan fingerprint density at radius 3 is 2.72 bits per heavy atom. The zero-order chi connectivity index (χ0) is 17.6. The van der Waals surface area contributed by atoms with Crippen molar-refractivity contribution in [3.05, 3.63) is 65.9 Å². The molecule has 0 aliphatic carbocycles. The minimum absolute atomic E-state index is 0.0191. The maximum atomic E-state index is 12.4. The Hall–Kier alpha value is -2.20. The zero-order valence-corrected chi connectivity index (χ0v) is 15.6. The normalized spacial score (nSPS) is 11.0. The van der Waals surface area contributed by atoms with Gasteiger partial charge in [0.15, 0.2) is 0 Å². The largest absolute Gasteiger partial charge is 0.352 e. The molecule has 0 radical (unpaired) electrons. The molecule has 0 fully saturated rings. The molecule has 3 nitrogen and oxygen atoms in total. The fourth-order valence-corrected chi connectivity index (χ4v) is 3.92. The van der Waals surface area contributed by atoms with Gasteiger partial charge in [0.25, 0.3) is 5.91 Å². The number of benzene rings is 2. The molecule has 4 heteroatoms. The zero-order valence-electron chi connectivity index (χ0n) is 14.8. The van der Waals surface area contributed by atoms with Gasteiger partial charge in [-0.2, -0.15) is 0 Å². The maximum absolute atomic E-state index is 12.4. The number of carbonyl (C=O) groups is 1. The molecule has 1 heterocycles. The highest BCUT2D eigenvalue weighted by Gasteiger charge is 2.10. The van der Waals surface area contributed by atoms with Gasteiger partial charge in [0.1, 0.15) is 0 Å². The van der Waals surface area contributed by atoms with Crippen molar-refractivity contribution >= 4 is 28.6 Å². The van der Waals surface area contributed by atoms with Crippen molar-refractivity contribution < 1.29 is 4.79 Å². The first-order valence-corrected chi connectivity index (χ1v) is 9.74. The number of hydrogen-bond donors (Lipinski definition) is 1. The number of nitrogens with zero attached hydrogens (tertiary/aromatic N) is 1. The fraction of sp³-hybridized carbons (Fsp3) is 0.286. The molecule has 0 saturated carbocycles. The second-order valence-corrected chi connectivity index (χ2v) is 7.34. The van der Waals surface area contributed by atoms with Crippen molar-refractivity contribution in [2.45, 2.75) is 31.7 Å². The smallest absolute Gasteiger partial charge is 0.252 e. The number of para-hydroxylation sites is 1. The van der Waals surface area contributed by atoms with Gasteiger partial charge in [-0.15, -0.1) is 11.8 Å². The third-order valence-corrected chi connectivity index (χ3v) is 5.25. The van der Waals surface area contributed by atoms with E-state index in [4.69, 9.17) is 0 Å². The highest BCUT2D eigenvalue weighted by Crippen LogP contribution is 2.22. The summed E-state index contributed by atoms with van der Waals surface area (Å²) < 4.78 is 2.32. The Kier molecular flexibility index (Phi) is 5.82. The van der Waals surface area contributed by atoms with Gasteiger partial charge in [0.05, 0.1) is 5.56 Å². The van der Waals surface area contributed by atoms with Crippen LogP contribution in [0.1, 0.15) is 29.4 Å². The van der Waals surface area contributed by atoms with E-state index in [-0.39, 0.29) is 5.91 Å². The van der Waals surface area contributed by atoms with Gasteiger partial charge in [-0.1, -0.05) is 37.3 Å². The van der Waals surface area contributed by atoms with E-state index in [1.54, 1.807) is 11.8 Å². The number of aromatic nitrogens is 1. The summed E-state index contributed by atoms with van der Waals surface area (Å²) in [5.74, 6) is 0.982. The molecule has 0 aliphatic heterocycles.